The zero-order valence-corrected chi connectivity index (χ0v) is 8.43. The van der Waals surface area contributed by atoms with E-state index in [1.165, 1.54) is 10.4 Å². The van der Waals surface area contributed by atoms with Crippen LogP contribution in [-0.4, -0.2) is 11.6 Å². The Morgan fingerprint density at radius 2 is 2.50 bits per heavy atom. The molecule has 0 saturated heterocycles. The van der Waals surface area contributed by atoms with Crippen molar-refractivity contribution in [3.05, 3.63) is 21.9 Å². The average molecular weight is 206 g/mol. The minimum absolute atomic E-state index is 0.0532. The lowest BCUT2D eigenvalue weighted by molar-refractivity contribution is -0.122. The summed E-state index contributed by atoms with van der Waals surface area (Å²) in [4.78, 5) is 12.6. The largest absolute Gasteiger partial charge is 0.273 e. The molecule has 72 valence electrons. The van der Waals surface area contributed by atoms with Gasteiger partial charge in [-0.25, -0.2) is 5.43 Å². The zero-order valence-electron chi connectivity index (χ0n) is 7.62. The fourth-order valence-corrected chi connectivity index (χ4v) is 3.07. The molecule has 0 spiro atoms. The Labute approximate surface area is 85.8 Å². The molecule has 0 bridgehead atoms. The topological polar surface area (TPSA) is 41.5 Å². The molecular formula is C10H10N2OS. The van der Waals surface area contributed by atoms with Gasteiger partial charge in [0.05, 0.1) is 5.71 Å². The Bertz CT molecular complexity index is 422. The van der Waals surface area contributed by atoms with Crippen molar-refractivity contribution < 1.29 is 4.79 Å². The Morgan fingerprint density at radius 3 is 3.43 bits per heavy atom. The highest BCUT2D eigenvalue weighted by Gasteiger charge is 2.30. The lowest BCUT2D eigenvalue weighted by Gasteiger charge is -2.26. The van der Waals surface area contributed by atoms with Crippen LogP contribution in [0.2, 0.25) is 0 Å². The second-order valence-electron chi connectivity index (χ2n) is 3.73. The molecule has 1 N–H and O–H groups in total. The van der Waals surface area contributed by atoms with Crippen LogP contribution in [0.15, 0.2) is 16.5 Å². The van der Waals surface area contributed by atoms with Gasteiger partial charge in [0.1, 0.15) is 0 Å². The molecule has 3 rings (SSSR count). The van der Waals surface area contributed by atoms with E-state index in [9.17, 15) is 4.79 Å². The van der Waals surface area contributed by atoms with Gasteiger partial charge in [-0.15, -0.1) is 11.3 Å². The maximum atomic E-state index is 11.2. The predicted octanol–water partition coefficient (Wildman–Crippen LogP) is 1.53. The van der Waals surface area contributed by atoms with Gasteiger partial charge in [0.25, 0.3) is 0 Å². The van der Waals surface area contributed by atoms with Crippen molar-refractivity contribution in [2.24, 2.45) is 11.0 Å². The molecule has 1 aliphatic carbocycles. The Kier molecular flexibility index (Phi) is 1.70. The number of thiophene rings is 1. The van der Waals surface area contributed by atoms with E-state index in [0.717, 1.165) is 18.6 Å². The van der Waals surface area contributed by atoms with Gasteiger partial charge >= 0.3 is 0 Å². The monoisotopic (exact) mass is 206 g/mol. The standard InChI is InChI=1S/C10H10N2OS/c13-9-5-6-1-2-8-7(3-4-14-8)10(6)12-11-9/h3-4,6H,1-2,5H2,(H,11,13)/t6-/m1/s1. The molecule has 14 heavy (non-hydrogen) atoms. The van der Waals surface area contributed by atoms with Crippen molar-refractivity contribution in [1.29, 1.82) is 0 Å². The summed E-state index contributed by atoms with van der Waals surface area (Å²) in [5.41, 5.74) is 4.91. The van der Waals surface area contributed by atoms with Crippen molar-refractivity contribution in [3.63, 3.8) is 0 Å². The van der Waals surface area contributed by atoms with Crippen LogP contribution in [0, 0.1) is 5.92 Å². The van der Waals surface area contributed by atoms with E-state index in [1.807, 2.05) is 0 Å². The van der Waals surface area contributed by atoms with Crippen LogP contribution in [0.25, 0.3) is 0 Å². The Balaban J connectivity index is 2.08. The molecule has 1 atom stereocenters. The Hall–Kier alpha value is -1.16. The maximum Gasteiger partial charge on any atom is 0.240 e. The van der Waals surface area contributed by atoms with E-state index in [4.69, 9.17) is 0 Å². The minimum atomic E-state index is 0.0532. The van der Waals surface area contributed by atoms with Crippen LogP contribution >= 0.6 is 11.3 Å². The molecule has 2 heterocycles. The summed E-state index contributed by atoms with van der Waals surface area (Å²) in [6.07, 6.45) is 2.78. The molecule has 4 heteroatoms. The summed E-state index contributed by atoms with van der Waals surface area (Å²) in [5.74, 6) is 0.406. The Morgan fingerprint density at radius 1 is 1.57 bits per heavy atom. The van der Waals surface area contributed by atoms with Crippen LogP contribution in [0.3, 0.4) is 0 Å². The van der Waals surface area contributed by atoms with E-state index < -0.39 is 0 Å². The number of amides is 1. The molecule has 3 nitrogen and oxygen atoms in total. The molecule has 0 unspecified atom stereocenters. The summed E-state index contributed by atoms with van der Waals surface area (Å²) in [5, 5.41) is 6.27. The number of nitrogens with one attached hydrogen (secondary N) is 1. The number of fused-ring (bicyclic) bond motifs is 3. The summed E-state index contributed by atoms with van der Waals surface area (Å²) in [6.45, 7) is 0. The number of hydrogen-bond donors (Lipinski definition) is 1. The molecule has 0 aromatic carbocycles. The quantitative estimate of drug-likeness (QED) is 0.687. The van der Waals surface area contributed by atoms with E-state index in [1.54, 1.807) is 11.3 Å². The first-order valence-electron chi connectivity index (χ1n) is 4.78. The van der Waals surface area contributed by atoms with E-state index in [0.29, 0.717) is 12.3 Å². The third-order valence-electron chi connectivity index (χ3n) is 2.86. The van der Waals surface area contributed by atoms with Gasteiger partial charge in [0, 0.05) is 22.8 Å². The van der Waals surface area contributed by atoms with Crippen molar-refractivity contribution >= 4 is 23.0 Å². The number of rotatable bonds is 0. The number of nitrogens with zero attached hydrogens (tertiary/aromatic N) is 1. The molecule has 1 aromatic rings. The van der Waals surface area contributed by atoms with Crippen LogP contribution in [0.5, 0.6) is 0 Å². The molecule has 1 aromatic heterocycles. The molecule has 0 fully saturated rings. The van der Waals surface area contributed by atoms with Crippen molar-refractivity contribution in [2.75, 3.05) is 0 Å². The first-order chi connectivity index (χ1) is 6.84. The number of hydrazone groups is 1. The summed E-state index contributed by atoms with van der Waals surface area (Å²) < 4.78 is 0. The van der Waals surface area contributed by atoms with Crippen LogP contribution in [-0.2, 0) is 11.2 Å². The number of carbonyl (C=O) groups excluding carboxylic acids is 1. The fourth-order valence-electron chi connectivity index (χ4n) is 2.17. The van der Waals surface area contributed by atoms with E-state index in [2.05, 4.69) is 22.0 Å². The third kappa shape index (κ3) is 1.10. The molecule has 2 aliphatic rings. The molecule has 1 amide bonds. The lowest BCUT2D eigenvalue weighted by Crippen LogP contribution is -2.35. The zero-order chi connectivity index (χ0) is 9.54. The third-order valence-corrected chi connectivity index (χ3v) is 3.84. The normalized spacial score (nSPS) is 24.7. The summed E-state index contributed by atoms with van der Waals surface area (Å²) in [7, 11) is 0. The first-order valence-corrected chi connectivity index (χ1v) is 5.66. The molecule has 0 radical (unpaired) electrons. The van der Waals surface area contributed by atoms with Crippen LogP contribution < -0.4 is 5.43 Å². The van der Waals surface area contributed by atoms with E-state index in [-0.39, 0.29) is 5.91 Å². The van der Waals surface area contributed by atoms with Crippen molar-refractivity contribution in [2.45, 2.75) is 19.3 Å². The predicted molar refractivity (Wildman–Crippen MR) is 55.4 cm³/mol. The highest BCUT2D eigenvalue weighted by Crippen LogP contribution is 2.32. The van der Waals surface area contributed by atoms with Crippen molar-refractivity contribution in [1.82, 2.24) is 5.43 Å². The van der Waals surface area contributed by atoms with Gasteiger partial charge in [-0.3, -0.25) is 4.79 Å². The highest BCUT2D eigenvalue weighted by atomic mass is 32.1. The SMILES string of the molecule is O=C1C[C@H]2CCc3sccc3C2=NN1. The van der Waals surface area contributed by atoms with Crippen LogP contribution in [0.4, 0.5) is 0 Å². The van der Waals surface area contributed by atoms with Gasteiger partial charge in [-0.1, -0.05) is 0 Å². The second-order valence-corrected chi connectivity index (χ2v) is 4.73. The summed E-state index contributed by atoms with van der Waals surface area (Å²) >= 11 is 1.79. The maximum absolute atomic E-state index is 11.2. The van der Waals surface area contributed by atoms with Gasteiger partial charge in [0.2, 0.25) is 5.91 Å². The summed E-state index contributed by atoms with van der Waals surface area (Å²) in [6, 6.07) is 2.11. The number of aryl methyl sites for hydroxylation is 1. The van der Waals surface area contributed by atoms with Gasteiger partial charge in [0.15, 0.2) is 0 Å². The molecule has 1 aliphatic heterocycles. The van der Waals surface area contributed by atoms with Crippen LogP contribution in [0.1, 0.15) is 23.3 Å². The van der Waals surface area contributed by atoms with E-state index >= 15 is 0 Å². The molecular weight excluding hydrogens is 196 g/mol. The van der Waals surface area contributed by atoms with Crippen molar-refractivity contribution in [3.8, 4) is 0 Å². The smallest absolute Gasteiger partial charge is 0.240 e. The first kappa shape index (κ1) is 8.17. The number of carbonyl (C=O) groups is 1. The average Bonchev–Trinajstić information content (AvgIpc) is 2.65. The molecule has 0 saturated carbocycles. The van der Waals surface area contributed by atoms with Gasteiger partial charge in [-0.2, -0.15) is 5.10 Å². The second kappa shape index (κ2) is 2.92. The van der Waals surface area contributed by atoms with Gasteiger partial charge in [-0.05, 0) is 24.3 Å². The van der Waals surface area contributed by atoms with Gasteiger partial charge < -0.3 is 0 Å². The highest BCUT2D eigenvalue weighted by molar-refractivity contribution is 7.10. The fraction of sp³-hybridized carbons (Fsp3) is 0.400. The number of hydrogen-bond acceptors (Lipinski definition) is 3. The minimum Gasteiger partial charge on any atom is -0.273 e. The lowest BCUT2D eigenvalue weighted by atomic mass is 9.83.